The molecule has 0 amide bonds. The first-order valence-electron chi connectivity index (χ1n) is 11.7. The Morgan fingerprint density at radius 3 is 2.97 bits per heavy atom. The zero-order valence-corrected chi connectivity index (χ0v) is 19.7. The summed E-state index contributed by atoms with van der Waals surface area (Å²) in [7, 11) is 0. The lowest BCUT2D eigenvalue weighted by Crippen LogP contribution is -2.50. The Labute approximate surface area is 199 Å². The number of halogens is 1. The number of rotatable bonds is 5. The first kappa shape index (κ1) is 22.3. The van der Waals surface area contributed by atoms with Gasteiger partial charge in [-0.1, -0.05) is 29.9 Å². The van der Waals surface area contributed by atoms with Gasteiger partial charge in [0.25, 0.3) is 0 Å². The minimum atomic E-state index is -0.382. The van der Waals surface area contributed by atoms with Crippen LogP contribution in [0.4, 0.5) is 16.0 Å². The van der Waals surface area contributed by atoms with E-state index >= 15 is 4.39 Å². The van der Waals surface area contributed by atoms with Crippen LogP contribution in [0.15, 0.2) is 52.6 Å². The van der Waals surface area contributed by atoms with Gasteiger partial charge in [0.05, 0.1) is 6.54 Å². The highest BCUT2D eigenvalue weighted by atomic mass is 19.1. The van der Waals surface area contributed by atoms with Crippen molar-refractivity contribution in [1.82, 2.24) is 15.3 Å². The van der Waals surface area contributed by atoms with E-state index in [0.717, 1.165) is 54.4 Å². The fourth-order valence-corrected chi connectivity index (χ4v) is 4.51. The first-order chi connectivity index (χ1) is 16.5. The van der Waals surface area contributed by atoms with Crippen molar-refractivity contribution in [1.29, 1.82) is 0 Å². The average molecular weight is 461 g/mol. The number of piperazine rings is 1. The normalized spacial score (nSPS) is 19.7. The third-order valence-corrected chi connectivity index (χ3v) is 6.17. The summed E-state index contributed by atoms with van der Waals surface area (Å²) in [6, 6.07) is 5.80. The van der Waals surface area contributed by atoms with E-state index in [1.807, 2.05) is 50.3 Å². The number of nitrogens with one attached hydrogen (secondary N) is 2. The highest BCUT2D eigenvalue weighted by Crippen LogP contribution is 2.34. The molecule has 176 valence electrons. The van der Waals surface area contributed by atoms with E-state index < -0.39 is 0 Å². The number of hydrogen-bond donors (Lipinski definition) is 2. The Kier molecular flexibility index (Phi) is 6.15. The molecule has 2 aliphatic heterocycles. The van der Waals surface area contributed by atoms with E-state index in [4.69, 9.17) is 4.74 Å². The summed E-state index contributed by atoms with van der Waals surface area (Å²) < 4.78 is 21.1. The maximum Gasteiger partial charge on any atom is 0.326 e. The van der Waals surface area contributed by atoms with Crippen molar-refractivity contribution in [2.45, 2.75) is 33.2 Å². The van der Waals surface area contributed by atoms with E-state index in [2.05, 4.69) is 37.4 Å². The summed E-state index contributed by atoms with van der Waals surface area (Å²) in [6.07, 6.45) is 8.65. The van der Waals surface area contributed by atoms with Crippen molar-refractivity contribution >= 4 is 23.5 Å². The Hall–Kier alpha value is -3.52. The first-order valence-corrected chi connectivity index (χ1v) is 11.7. The molecule has 3 aliphatic rings. The van der Waals surface area contributed by atoms with E-state index in [-0.39, 0.29) is 23.6 Å². The molecule has 5 rings (SSSR count). The number of benzene rings is 1. The minimum Gasteiger partial charge on any atom is -0.421 e. The SMILES string of the molecule is C/C=C/C1=CC(Nc2cc(N3CCNCC3C)nc(Oc3ccc4c(c3F)C=C(C)C4)n2)=NC1. The molecule has 1 atom stereocenters. The van der Waals surface area contributed by atoms with Crippen LogP contribution < -0.4 is 20.3 Å². The van der Waals surface area contributed by atoms with E-state index in [0.29, 0.717) is 17.9 Å². The smallest absolute Gasteiger partial charge is 0.326 e. The Morgan fingerprint density at radius 1 is 1.26 bits per heavy atom. The van der Waals surface area contributed by atoms with Gasteiger partial charge in [-0.15, -0.1) is 0 Å². The van der Waals surface area contributed by atoms with Crippen molar-refractivity contribution in [2.75, 3.05) is 36.4 Å². The van der Waals surface area contributed by atoms with Gasteiger partial charge in [-0.3, -0.25) is 4.99 Å². The number of aromatic nitrogens is 2. The molecule has 1 aromatic carbocycles. The lowest BCUT2D eigenvalue weighted by Gasteiger charge is -2.35. The van der Waals surface area contributed by atoms with Crippen molar-refractivity contribution in [3.63, 3.8) is 0 Å². The number of nitrogens with zero attached hydrogens (tertiary/aromatic N) is 4. The third-order valence-electron chi connectivity index (χ3n) is 6.17. The second-order valence-corrected chi connectivity index (χ2v) is 8.91. The maximum absolute atomic E-state index is 15.2. The van der Waals surface area contributed by atoms with Crippen LogP contribution in [0.25, 0.3) is 6.08 Å². The highest BCUT2D eigenvalue weighted by molar-refractivity contribution is 6.05. The highest BCUT2D eigenvalue weighted by Gasteiger charge is 2.23. The average Bonchev–Trinajstić information content (AvgIpc) is 3.42. The fourth-order valence-electron chi connectivity index (χ4n) is 4.51. The molecule has 1 aliphatic carbocycles. The Morgan fingerprint density at radius 2 is 2.15 bits per heavy atom. The number of fused-ring (bicyclic) bond motifs is 1. The van der Waals surface area contributed by atoms with Crippen LogP contribution in [0.3, 0.4) is 0 Å². The molecule has 1 unspecified atom stereocenters. The second-order valence-electron chi connectivity index (χ2n) is 8.91. The van der Waals surface area contributed by atoms with Gasteiger partial charge in [0.2, 0.25) is 0 Å². The van der Waals surface area contributed by atoms with Gasteiger partial charge in [0.1, 0.15) is 17.5 Å². The molecule has 1 saturated heterocycles. The van der Waals surface area contributed by atoms with Gasteiger partial charge >= 0.3 is 6.01 Å². The number of ether oxygens (including phenoxy) is 1. The van der Waals surface area contributed by atoms with Crippen LogP contribution in [0.1, 0.15) is 31.9 Å². The quantitative estimate of drug-likeness (QED) is 0.685. The molecular weight excluding hydrogens is 431 g/mol. The van der Waals surface area contributed by atoms with Crippen LogP contribution in [0, 0.1) is 5.82 Å². The van der Waals surface area contributed by atoms with E-state index in [1.54, 1.807) is 6.07 Å². The summed E-state index contributed by atoms with van der Waals surface area (Å²) in [5.74, 6) is 1.75. The van der Waals surface area contributed by atoms with Crippen LogP contribution in [-0.4, -0.2) is 48.0 Å². The minimum absolute atomic E-state index is 0.0968. The number of amidine groups is 1. The van der Waals surface area contributed by atoms with Crippen LogP contribution >= 0.6 is 0 Å². The fraction of sp³-hybridized carbons (Fsp3) is 0.346. The van der Waals surface area contributed by atoms with Gasteiger partial charge in [-0.2, -0.15) is 9.97 Å². The van der Waals surface area contributed by atoms with E-state index in [9.17, 15) is 0 Å². The number of anilines is 2. The lowest BCUT2D eigenvalue weighted by atomic mass is 10.1. The maximum atomic E-state index is 15.2. The summed E-state index contributed by atoms with van der Waals surface area (Å²) >= 11 is 0. The lowest BCUT2D eigenvalue weighted by molar-refractivity contribution is 0.409. The number of hydrogen-bond acceptors (Lipinski definition) is 7. The van der Waals surface area contributed by atoms with Crippen LogP contribution in [-0.2, 0) is 6.42 Å². The molecule has 0 radical (unpaired) electrons. The molecule has 2 N–H and O–H groups in total. The van der Waals surface area contributed by atoms with Gasteiger partial charge in [0, 0.05) is 37.3 Å². The molecule has 0 spiro atoms. The van der Waals surface area contributed by atoms with Crippen molar-refractivity contribution in [3.8, 4) is 11.8 Å². The molecule has 1 aromatic heterocycles. The standard InChI is InChI=1S/C26H29FN6O/c1-4-5-18-12-22(29-15-18)30-23-13-24(33-9-8-28-14-17(33)3)32-26(31-23)34-21-7-6-19-10-16(2)11-20(19)25(21)27/h4-7,11-13,17,28H,8-10,14-15H2,1-3H3,(H,29,30,31,32)/b5-4+. The molecule has 2 aromatic rings. The summed E-state index contributed by atoms with van der Waals surface area (Å²) in [6.45, 7) is 9.27. The number of allylic oxidation sites excluding steroid dienone is 2. The topological polar surface area (TPSA) is 74.7 Å². The predicted molar refractivity (Wildman–Crippen MR) is 134 cm³/mol. The van der Waals surface area contributed by atoms with Crippen LogP contribution in [0.2, 0.25) is 0 Å². The molecule has 34 heavy (non-hydrogen) atoms. The van der Waals surface area contributed by atoms with Gasteiger partial charge in [-0.05, 0) is 50.5 Å². The molecule has 0 bridgehead atoms. The van der Waals surface area contributed by atoms with Crippen LogP contribution in [0.5, 0.6) is 11.8 Å². The molecule has 3 heterocycles. The molecule has 7 nitrogen and oxygen atoms in total. The largest absolute Gasteiger partial charge is 0.421 e. The Balaban J connectivity index is 1.47. The van der Waals surface area contributed by atoms with Crippen molar-refractivity contribution < 1.29 is 9.13 Å². The predicted octanol–water partition coefficient (Wildman–Crippen LogP) is 4.49. The van der Waals surface area contributed by atoms with Gasteiger partial charge in [0.15, 0.2) is 11.6 Å². The van der Waals surface area contributed by atoms with Gasteiger partial charge in [-0.25, -0.2) is 4.39 Å². The summed E-state index contributed by atoms with van der Waals surface area (Å²) in [5, 5.41) is 6.67. The van der Waals surface area contributed by atoms with E-state index in [1.165, 1.54) is 0 Å². The zero-order valence-electron chi connectivity index (χ0n) is 19.7. The molecule has 1 fully saturated rings. The molecular formula is C26H29FN6O. The third kappa shape index (κ3) is 4.59. The summed E-state index contributed by atoms with van der Waals surface area (Å²) in [4.78, 5) is 15.9. The zero-order chi connectivity index (χ0) is 23.7. The Bertz CT molecular complexity index is 1230. The van der Waals surface area contributed by atoms with Crippen molar-refractivity contribution in [2.24, 2.45) is 4.99 Å². The van der Waals surface area contributed by atoms with Crippen molar-refractivity contribution in [3.05, 3.63) is 64.5 Å². The second kappa shape index (κ2) is 9.38. The molecule has 0 saturated carbocycles. The van der Waals surface area contributed by atoms with Gasteiger partial charge < -0.3 is 20.3 Å². The monoisotopic (exact) mass is 460 g/mol. The number of aliphatic imine (C=N–C) groups is 1. The molecule has 8 heteroatoms. The summed E-state index contributed by atoms with van der Waals surface area (Å²) in [5.41, 5.74) is 3.81.